The molecule has 0 spiro atoms. The van der Waals surface area contributed by atoms with Crippen molar-refractivity contribution >= 4 is 29.5 Å². The van der Waals surface area contributed by atoms with Gasteiger partial charge in [0.1, 0.15) is 0 Å². The number of carbonyl (C=O) groups is 1. The van der Waals surface area contributed by atoms with E-state index < -0.39 is 0 Å². The summed E-state index contributed by atoms with van der Waals surface area (Å²) >= 11 is 6.61. The van der Waals surface area contributed by atoms with Crippen molar-refractivity contribution in [1.29, 1.82) is 0 Å². The minimum Gasteiger partial charge on any atom is -0.375 e. The second-order valence-electron chi connectivity index (χ2n) is 4.99. The van der Waals surface area contributed by atoms with Crippen LogP contribution in [0.2, 0.25) is 0 Å². The van der Waals surface area contributed by atoms with Crippen molar-refractivity contribution in [2.45, 2.75) is 45.8 Å². The van der Waals surface area contributed by atoms with Crippen LogP contribution in [-0.2, 0) is 16.0 Å². The molecule has 1 aliphatic heterocycles. The summed E-state index contributed by atoms with van der Waals surface area (Å²) in [4.78, 5) is 18.6. The molecule has 1 fully saturated rings. The SMILES string of the molecule is CCC1COC(C)CN1C(=O)Cc1sc(=S)[nH]c1C. The standard InChI is InChI=1S/C13H20N2O2S2/c1-4-10-7-17-8(2)6-15(10)12(16)5-11-9(3)14-13(18)19-11/h8,10H,4-7H2,1-3H3,(H,14,18). The van der Waals surface area contributed by atoms with E-state index in [0.717, 1.165) is 20.9 Å². The van der Waals surface area contributed by atoms with Gasteiger partial charge in [0, 0.05) is 17.1 Å². The monoisotopic (exact) mass is 300 g/mol. The Hall–Kier alpha value is -0.720. The summed E-state index contributed by atoms with van der Waals surface area (Å²) in [6.45, 7) is 7.40. The van der Waals surface area contributed by atoms with Crippen LogP contribution in [0.25, 0.3) is 0 Å². The first kappa shape index (κ1) is 14.7. The van der Waals surface area contributed by atoms with Crippen LogP contribution < -0.4 is 0 Å². The molecule has 106 valence electrons. The molecule has 2 rings (SSSR count). The van der Waals surface area contributed by atoms with Crippen molar-refractivity contribution in [3.05, 3.63) is 14.5 Å². The third-order valence-corrected chi connectivity index (χ3v) is 4.83. The molecule has 1 aromatic rings. The van der Waals surface area contributed by atoms with Crippen LogP contribution in [0.3, 0.4) is 0 Å². The van der Waals surface area contributed by atoms with E-state index in [0.29, 0.717) is 19.6 Å². The predicted molar refractivity (Wildman–Crippen MR) is 79.2 cm³/mol. The fourth-order valence-electron chi connectivity index (χ4n) is 2.33. The van der Waals surface area contributed by atoms with Gasteiger partial charge in [-0.15, -0.1) is 11.3 Å². The third-order valence-electron chi connectivity index (χ3n) is 3.49. The summed E-state index contributed by atoms with van der Waals surface area (Å²) in [5, 5.41) is 0. The molecule has 0 bridgehead atoms. The maximum absolute atomic E-state index is 12.5. The van der Waals surface area contributed by atoms with E-state index >= 15 is 0 Å². The Kier molecular flexibility index (Phi) is 4.76. The molecule has 1 N–H and O–H groups in total. The summed E-state index contributed by atoms with van der Waals surface area (Å²) in [7, 11) is 0. The number of carbonyl (C=O) groups excluding carboxylic acids is 1. The first-order valence-corrected chi connectivity index (χ1v) is 7.83. The van der Waals surface area contributed by atoms with Gasteiger partial charge in [-0.2, -0.15) is 0 Å². The molecule has 2 atom stereocenters. The summed E-state index contributed by atoms with van der Waals surface area (Å²) in [5.41, 5.74) is 1.01. The second-order valence-corrected chi connectivity index (χ2v) is 6.76. The number of nitrogens with one attached hydrogen (secondary N) is 1. The summed E-state index contributed by atoms with van der Waals surface area (Å²) < 4.78 is 6.36. The minimum atomic E-state index is 0.122. The molecule has 1 aliphatic rings. The number of morpholine rings is 1. The molecule has 0 aliphatic carbocycles. The summed E-state index contributed by atoms with van der Waals surface area (Å²) in [5.74, 6) is 0.176. The molecule has 1 aromatic heterocycles. The number of amides is 1. The molecule has 1 saturated heterocycles. The van der Waals surface area contributed by atoms with Gasteiger partial charge in [0.25, 0.3) is 0 Å². The van der Waals surface area contributed by atoms with Crippen molar-refractivity contribution in [2.75, 3.05) is 13.2 Å². The maximum atomic E-state index is 12.5. The number of H-pyrrole nitrogens is 1. The summed E-state index contributed by atoms with van der Waals surface area (Å²) in [6.07, 6.45) is 1.49. The fourth-order valence-corrected chi connectivity index (χ4v) is 3.61. The predicted octanol–water partition coefficient (Wildman–Crippen LogP) is 2.68. The maximum Gasteiger partial charge on any atom is 0.228 e. The minimum absolute atomic E-state index is 0.122. The van der Waals surface area contributed by atoms with E-state index in [4.69, 9.17) is 17.0 Å². The van der Waals surface area contributed by atoms with Crippen molar-refractivity contribution < 1.29 is 9.53 Å². The van der Waals surface area contributed by atoms with Crippen LogP contribution in [0.15, 0.2) is 0 Å². The number of aromatic nitrogens is 1. The van der Waals surface area contributed by atoms with Gasteiger partial charge in [-0.05, 0) is 32.5 Å². The van der Waals surface area contributed by atoms with Crippen LogP contribution in [0, 0.1) is 10.9 Å². The molecule has 2 heterocycles. The van der Waals surface area contributed by atoms with Crippen molar-refractivity contribution in [1.82, 2.24) is 9.88 Å². The number of hydrogen-bond donors (Lipinski definition) is 1. The van der Waals surface area contributed by atoms with Gasteiger partial charge < -0.3 is 14.6 Å². The van der Waals surface area contributed by atoms with Gasteiger partial charge in [0.2, 0.25) is 5.91 Å². The number of aryl methyl sites for hydroxylation is 1. The van der Waals surface area contributed by atoms with Gasteiger partial charge in [0.05, 0.1) is 25.2 Å². The Morgan fingerprint density at radius 3 is 2.95 bits per heavy atom. The average Bonchev–Trinajstić information content (AvgIpc) is 2.67. The van der Waals surface area contributed by atoms with Crippen molar-refractivity contribution in [3.63, 3.8) is 0 Å². The molecule has 0 saturated carbocycles. The second kappa shape index (κ2) is 6.15. The van der Waals surface area contributed by atoms with Crippen LogP contribution in [0.5, 0.6) is 0 Å². The lowest BCUT2D eigenvalue weighted by atomic mass is 10.1. The molecule has 1 amide bonds. The lowest BCUT2D eigenvalue weighted by Gasteiger charge is -2.38. The molecule has 0 radical (unpaired) electrons. The number of ether oxygens (including phenoxy) is 1. The normalized spacial score (nSPS) is 23.6. The average molecular weight is 300 g/mol. The Bertz CT molecular complexity index is 509. The first-order chi connectivity index (χ1) is 9.01. The smallest absolute Gasteiger partial charge is 0.228 e. The fraction of sp³-hybridized carbons (Fsp3) is 0.692. The number of nitrogens with zero attached hydrogens (tertiary/aromatic N) is 1. The lowest BCUT2D eigenvalue weighted by Crippen LogP contribution is -2.51. The molecule has 6 heteroatoms. The Labute approximate surface area is 122 Å². The van der Waals surface area contributed by atoms with Gasteiger partial charge >= 0.3 is 0 Å². The van der Waals surface area contributed by atoms with Gasteiger partial charge in [0.15, 0.2) is 3.95 Å². The molecule has 4 nitrogen and oxygen atoms in total. The van der Waals surface area contributed by atoms with E-state index in [1.807, 2.05) is 18.7 Å². The van der Waals surface area contributed by atoms with E-state index in [2.05, 4.69) is 11.9 Å². The van der Waals surface area contributed by atoms with E-state index in [-0.39, 0.29) is 18.1 Å². The number of hydrogen-bond acceptors (Lipinski definition) is 4. The third kappa shape index (κ3) is 3.43. The van der Waals surface area contributed by atoms with Crippen LogP contribution in [-0.4, -0.2) is 41.1 Å². The number of rotatable bonds is 3. The lowest BCUT2D eigenvalue weighted by molar-refractivity contribution is -0.143. The first-order valence-electron chi connectivity index (χ1n) is 6.61. The Morgan fingerprint density at radius 2 is 2.37 bits per heavy atom. The van der Waals surface area contributed by atoms with Gasteiger partial charge in [-0.25, -0.2) is 0 Å². The molecular formula is C13H20N2O2S2. The zero-order valence-electron chi connectivity index (χ0n) is 11.6. The quantitative estimate of drug-likeness (QED) is 0.873. The van der Waals surface area contributed by atoms with Gasteiger partial charge in [-0.3, -0.25) is 4.79 Å². The Morgan fingerprint density at radius 1 is 1.63 bits per heavy atom. The molecule has 0 aromatic carbocycles. The van der Waals surface area contributed by atoms with Crippen LogP contribution >= 0.6 is 23.6 Å². The topological polar surface area (TPSA) is 45.3 Å². The van der Waals surface area contributed by atoms with Crippen molar-refractivity contribution in [3.8, 4) is 0 Å². The largest absolute Gasteiger partial charge is 0.375 e. The number of aromatic amines is 1. The number of thiazole rings is 1. The van der Waals surface area contributed by atoms with Crippen LogP contribution in [0.1, 0.15) is 30.8 Å². The molecule has 19 heavy (non-hydrogen) atoms. The van der Waals surface area contributed by atoms with Gasteiger partial charge in [-0.1, -0.05) is 6.92 Å². The van der Waals surface area contributed by atoms with E-state index in [1.54, 1.807) is 0 Å². The zero-order chi connectivity index (χ0) is 14.0. The highest BCUT2D eigenvalue weighted by atomic mass is 32.1. The van der Waals surface area contributed by atoms with E-state index in [9.17, 15) is 4.79 Å². The molecular weight excluding hydrogens is 280 g/mol. The summed E-state index contributed by atoms with van der Waals surface area (Å²) in [6, 6.07) is 0.205. The van der Waals surface area contributed by atoms with Crippen molar-refractivity contribution in [2.24, 2.45) is 0 Å². The zero-order valence-corrected chi connectivity index (χ0v) is 13.2. The van der Waals surface area contributed by atoms with Crippen LogP contribution in [0.4, 0.5) is 0 Å². The highest BCUT2D eigenvalue weighted by molar-refractivity contribution is 7.73. The highest BCUT2D eigenvalue weighted by Crippen LogP contribution is 2.20. The molecule has 2 unspecified atom stereocenters. The highest BCUT2D eigenvalue weighted by Gasteiger charge is 2.29. The van der Waals surface area contributed by atoms with E-state index in [1.165, 1.54) is 11.3 Å². The Balaban J connectivity index is 2.09.